The van der Waals surface area contributed by atoms with Crippen LogP contribution in [0.25, 0.3) is 0 Å². The van der Waals surface area contributed by atoms with Gasteiger partial charge in [0.25, 0.3) is 0 Å². The normalized spacial score (nSPS) is 16.5. The molecule has 0 saturated heterocycles. The molecule has 0 radical (unpaired) electrons. The van der Waals surface area contributed by atoms with Gasteiger partial charge in [0, 0.05) is 12.1 Å². The Bertz CT molecular complexity index is 1610. The molecule has 7 rings (SSSR count). The van der Waals surface area contributed by atoms with E-state index in [1.165, 1.54) is 59.2 Å². The van der Waals surface area contributed by atoms with Gasteiger partial charge in [-0.1, -0.05) is 195 Å². The summed E-state index contributed by atoms with van der Waals surface area (Å²) in [5.74, 6) is 1.61. The molecular formula is C46H50Cl2N2P2Ru. The quantitative estimate of drug-likeness (QED) is 0.101. The molecule has 53 heavy (non-hydrogen) atoms. The molecule has 7 heteroatoms. The second-order valence-electron chi connectivity index (χ2n) is 13.3. The summed E-state index contributed by atoms with van der Waals surface area (Å²) in [6.45, 7) is 0. The molecule has 0 heterocycles. The third kappa shape index (κ3) is 12.9. The molecule has 0 amide bonds. The van der Waals surface area contributed by atoms with Crippen molar-refractivity contribution in [1.82, 2.24) is 0 Å². The molecule has 1 fully saturated rings. The molecule has 2 nitrogen and oxygen atoms in total. The standard InChI is InChI=1S/C32H34P2.C14H16N2.2ClH.Ru/c1-5-17-29(18-6-1)33(30-19-7-2-8-20-30)25-27-15-13-14-16-28(27)26-34(31-21-9-3-10-22-31)32-23-11-4-12-24-32;15-13(11-7-3-1-4-8-11)14(16)12-9-5-2-6-10-12;;;/h1-12,17-24,27-28H,13-16,25-26H2;1-10,13-14H,15-16H2;2*1H;/q;;;;+2/p-2/t27-,28-;13-,14-;;;/m11.../s1. The van der Waals surface area contributed by atoms with Crippen molar-refractivity contribution >= 4 is 56.4 Å². The first-order valence-corrected chi connectivity index (χ1v) is 25.8. The van der Waals surface area contributed by atoms with Gasteiger partial charge in [0.1, 0.15) is 0 Å². The van der Waals surface area contributed by atoms with E-state index in [0.29, 0.717) is 0 Å². The molecule has 6 aromatic rings. The van der Waals surface area contributed by atoms with Gasteiger partial charge in [-0.2, -0.15) is 0 Å². The van der Waals surface area contributed by atoms with Crippen molar-refractivity contribution < 1.29 is 15.1 Å². The molecule has 4 atom stereocenters. The Hall–Kier alpha value is -2.70. The Morgan fingerprint density at radius 1 is 0.434 bits per heavy atom. The van der Waals surface area contributed by atoms with E-state index in [-0.39, 0.29) is 43.1 Å². The number of halogens is 2. The Morgan fingerprint density at radius 3 is 0.906 bits per heavy atom. The molecule has 1 aliphatic carbocycles. The summed E-state index contributed by atoms with van der Waals surface area (Å²) >= 11 is -0.346. The van der Waals surface area contributed by atoms with Crippen LogP contribution in [0.15, 0.2) is 182 Å². The van der Waals surface area contributed by atoms with Gasteiger partial charge in [-0.15, -0.1) is 0 Å². The maximum Gasteiger partial charge on any atom is -0.0195 e. The van der Waals surface area contributed by atoms with Gasteiger partial charge in [0.15, 0.2) is 0 Å². The van der Waals surface area contributed by atoms with Crippen LogP contribution in [0, 0.1) is 11.8 Å². The van der Waals surface area contributed by atoms with E-state index >= 15 is 0 Å². The van der Waals surface area contributed by atoms with Crippen molar-refractivity contribution in [3.63, 3.8) is 0 Å². The average molecular weight is 865 g/mol. The predicted molar refractivity (Wildman–Crippen MR) is 232 cm³/mol. The first kappa shape index (κ1) is 41.5. The third-order valence-electron chi connectivity index (χ3n) is 9.93. The summed E-state index contributed by atoms with van der Waals surface area (Å²) in [5, 5.41) is 6.12. The zero-order chi connectivity index (χ0) is 37.1. The van der Waals surface area contributed by atoms with Crippen molar-refractivity contribution in [2.75, 3.05) is 12.3 Å². The van der Waals surface area contributed by atoms with Crippen LogP contribution in [-0.2, 0) is 15.1 Å². The molecule has 0 aromatic heterocycles. The first-order chi connectivity index (χ1) is 26.1. The van der Waals surface area contributed by atoms with Crippen LogP contribution in [0.3, 0.4) is 0 Å². The zero-order valence-electron chi connectivity index (χ0n) is 30.0. The summed E-state index contributed by atoms with van der Waals surface area (Å²) < 4.78 is 0. The summed E-state index contributed by atoms with van der Waals surface area (Å²) in [4.78, 5) is 0. The van der Waals surface area contributed by atoms with Gasteiger partial charge < -0.3 is 11.5 Å². The molecule has 276 valence electrons. The van der Waals surface area contributed by atoms with E-state index < -0.39 is 0 Å². The minimum absolute atomic E-state index is 0.163. The van der Waals surface area contributed by atoms with Crippen molar-refractivity contribution in [3.05, 3.63) is 193 Å². The number of nitrogens with two attached hydrogens (primary N) is 2. The molecule has 4 N–H and O–H groups in total. The van der Waals surface area contributed by atoms with Gasteiger partial charge in [0.05, 0.1) is 0 Å². The van der Waals surface area contributed by atoms with Crippen LogP contribution < -0.4 is 32.7 Å². The minimum Gasteiger partial charge on any atom is -0.0622 e. The molecular weight excluding hydrogens is 814 g/mol. The summed E-state index contributed by atoms with van der Waals surface area (Å²) in [7, 11) is 9.05. The summed E-state index contributed by atoms with van der Waals surface area (Å²) in [6, 6.07) is 64.8. The van der Waals surface area contributed by atoms with Crippen LogP contribution in [0.1, 0.15) is 48.9 Å². The Balaban J connectivity index is 0.000000237. The van der Waals surface area contributed by atoms with E-state index in [0.717, 1.165) is 23.0 Å². The maximum absolute atomic E-state index is 6.15. The largest absolute Gasteiger partial charge is 0.0622 e. The number of rotatable bonds is 11. The van der Waals surface area contributed by atoms with Crippen LogP contribution in [0.2, 0.25) is 0 Å². The van der Waals surface area contributed by atoms with E-state index in [1.54, 1.807) is 0 Å². The van der Waals surface area contributed by atoms with Gasteiger partial charge in [0.2, 0.25) is 0 Å². The maximum atomic E-state index is 6.15. The van der Waals surface area contributed by atoms with Gasteiger partial charge in [-0.25, -0.2) is 0 Å². The van der Waals surface area contributed by atoms with E-state index in [9.17, 15) is 0 Å². The fraction of sp³-hybridized carbons (Fsp3) is 0.217. The molecule has 0 aliphatic heterocycles. The zero-order valence-corrected chi connectivity index (χ0v) is 35.1. The van der Waals surface area contributed by atoms with E-state index in [2.05, 4.69) is 121 Å². The monoisotopic (exact) mass is 864 g/mol. The molecule has 0 unspecified atom stereocenters. The second kappa shape index (κ2) is 23.3. The number of benzene rings is 6. The third-order valence-corrected chi connectivity index (χ3v) is 15.3. The number of hydrogen-bond donors (Lipinski definition) is 2. The van der Waals surface area contributed by atoms with Crippen molar-refractivity contribution in [2.24, 2.45) is 23.3 Å². The minimum atomic E-state index is -0.346. The van der Waals surface area contributed by atoms with Gasteiger partial charge >= 0.3 is 34.5 Å². The molecule has 6 aromatic carbocycles. The Labute approximate surface area is 335 Å². The fourth-order valence-corrected chi connectivity index (χ4v) is 12.6. The van der Waals surface area contributed by atoms with E-state index in [4.69, 9.17) is 30.8 Å². The average Bonchev–Trinajstić information content (AvgIpc) is 3.24. The van der Waals surface area contributed by atoms with Crippen LogP contribution >= 0.6 is 35.2 Å². The molecule has 1 saturated carbocycles. The summed E-state index contributed by atoms with van der Waals surface area (Å²) in [6.07, 6.45) is 8.19. The first-order valence-electron chi connectivity index (χ1n) is 18.3. The molecule has 0 bridgehead atoms. The summed E-state index contributed by atoms with van der Waals surface area (Å²) in [5.41, 5.74) is 14.4. The van der Waals surface area contributed by atoms with E-state index in [1.807, 2.05) is 60.7 Å². The van der Waals surface area contributed by atoms with Crippen molar-refractivity contribution in [1.29, 1.82) is 0 Å². The fourth-order valence-electron chi connectivity index (χ4n) is 7.15. The molecule has 1 aliphatic rings. The second-order valence-corrected chi connectivity index (χ2v) is 20.4. The Morgan fingerprint density at radius 2 is 0.660 bits per heavy atom. The van der Waals surface area contributed by atoms with Crippen LogP contribution in [0.4, 0.5) is 0 Å². The predicted octanol–water partition coefficient (Wildman–Crippen LogP) is 10.8. The SMILES string of the molecule is N[C@H](c1ccccc1)[C@H](N)c1ccccc1.[Cl][Ru][Cl].c1ccc(P(C[C@H]2CCCC[C@@H]2CP(c2ccccc2)c2ccccc2)c2ccccc2)cc1. The topological polar surface area (TPSA) is 52.0 Å². The van der Waals surface area contributed by atoms with Crippen molar-refractivity contribution in [3.8, 4) is 0 Å². The van der Waals surface area contributed by atoms with Crippen molar-refractivity contribution in [2.45, 2.75) is 37.8 Å². The smallest absolute Gasteiger partial charge is 0.0195 e. The number of hydrogen-bond acceptors (Lipinski definition) is 2. The van der Waals surface area contributed by atoms with Gasteiger partial charge in [-0.05, 0) is 85.2 Å². The van der Waals surface area contributed by atoms with Crippen LogP contribution in [0.5, 0.6) is 0 Å². The molecule has 0 spiro atoms. The van der Waals surface area contributed by atoms with Gasteiger partial charge in [-0.3, -0.25) is 0 Å². The Kier molecular flexibility index (Phi) is 18.2. The van der Waals surface area contributed by atoms with Crippen LogP contribution in [-0.4, -0.2) is 12.3 Å².